The lowest BCUT2D eigenvalue weighted by atomic mass is 9.87. The van der Waals surface area contributed by atoms with Crippen LogP contribution in [0, 0.1) is 18.7 Å². The molecule has 1 aromatic heterocycles. The lowest BCUT2D eigenvalue weighted by molar-refractivity contribution is -0.128. The quantitative estimate of drug-likeness (QED) is 0.784. The summed E-state index contributed by atoms with van der Waals surface area (Å²) in [6, 6.07) is 5.41. The molecule has 0 radical (unpaired) electrons. The van der Waals surface area contributed by atoms with Gasteiger partial charge in [0.05, 0.1) is 17.5 Å². The first kappa shape index (κ1) is 22.0. The number of aromatic nitrogens is 1. The Morgan fingerprint density at radius 1 is 1.35 bits per heavy atom. The van der Waals surface area contributed by atoms with Crippen molar-refractivity contribution in [2.24, 2.45) is 5.92 Å². The van der Waals surface area contributed by atoms with E-state index in [9.17, 15) is 14.3 Å². The van der Waals surface area contributed by atoms with Crippen molar-refractivity contribution in [3.63, 3.8) is 0 Å². The Labute approximate surface area is 183 Å². The van der Waals surface area contributed by atoms with E-state index in [1.165, 1.54) is 0 Å². The Morgan fingerprint density at radius 2 is 2.10 bits per heavy atom. The second-order valence-corrected chi connectivity index (χ2v) is 9.62. The average molecular weight is 429 g/mol. The number of carbonyl (C=O) groups excluding carboxylic acids is 1. The second kappa shape index (κ2) is 8.71. The van der Waals surface area contributed by atoms with Gasteiger partial charge in [-0.3, -0.25) is 9.78 Å². The molecule has 2 aliphatic rings. The highest BCUT2D eigenvalue weighted by Crippen LogP contribution is 2.33. The molecule has 7 heteroatoms. The number of likely N-dealkylation sites (tertiary alicyclic amines) is 1. The second-order valence-electron chi connectivity index (χ2n) is 9.62. The number of carbonyl (C=O) groups is 1. The first-order chi connectivity index (χ1) is 14.7. The van der Waals surface area contributed by atoms with E-state index < -0.39 is 5.60 Å². The van der Waals surface area contributed by atoms with Crippen molar-refractivity contribution in [1.29, 1.82) is 0 Å². The van der Waals surface area contributed by atoms with Gasteiger partial charge in [-0.25, -0.2) is 4.39 Å². The van der Waals surface area contributed by atoms with Crippen LogP contribution in [-0.4, -0.2) is 65.8 Å². The summed E-state index contributed by atoms with van der Waals surface area (Å²) in [5, 5.41) is 14.9. The van der Waals surface area contributed by atoms with E-state index >= 15 is 0 Å². The number of nitrogens with one attached hydrogen (secondary N) is 1. The Bertz CT molecular complexity index is 958. The number of rotatable bonds is 4. The van der Waals surface area contributed by atoms with Crippen LogP contribution >= 0.6 is 0 Å². The predicted octanol–water partition coefficient (Wildman–Crippen LogP) is 2.86. The van der Waals surface area contributed by atoms with Crippen molar-refractivity contribution in [3.05, 3.63) is 35.8 Å². The van der Waals surface area contributed by atoms with Crippen LogP contribution < -0.4 is 10.2 Å². The molecule has 0 spiro atoms. The van der Waals surface area contributed by atoms with Crippen LogP contribution in [0.3, 0.4) is 0 Å². The summed E-state index contributed by atoms with van der Waals surface area (Å²) in [4.78, 5) is 21.5. The summed E-state index contributed by atoms with van der Waals surface area (Å²) in [7, 11) is 2.03. The summed E-state index contributed by atoms with van der Waals surface area (Å²) >= 11 is 0. The number of fused-ring (bicyclic) bond motifs is 1. The van der Waals surface area contributed by atoms with Gasteiger partial charge in [-0.05, 0) is 57.4 Å². The van der Waals surface area contributed by atoms with Crippen LogP contribution in [0.1, 0.15) is 38.2 Å². The molecule has 0 aliphatic carbocycles. The zero-order valence-corrected chi connectivity index (χ0v) is 18.7. The molecule has 4 rings (SSSR count). The first-order valence-electron chi connectivity index (χ1n) is 11.2. The fraction of sp³-hybridized carbons (Fsp3) is 0.583. The third-order valence-corrected chi connectivity index (χ3v) is 6.83. The Balaban J connectivity index is 1.49. The van der Waals surface area contributed by atoms with E-state index in [-0.39, 0.29) is 24.2 Å². The molecular weight excluding hydrogens is 395 g/mol. The van der Waals surface area contributed by atoms with Gasteiger partial charge in [0.1, 0.15) is 5.82 Å². The minimum Gasteiger partial charge on any atom is -0.389 e. The van der Waals surface area contributed by atoms with Crippen molar-refractivity contribution in [3.8, 4) is 0 Å². The summed E-state index contributed by atoms with van der Waals surface area (Å²) in [6.07, 6.45) is 3.93. The molecule has 31 heavy (non-hydrogen) atoms. The first-order valence-corrected chi connectivity index (χ1v) is 11.2. The number of nitrogens with zero attached hydrogens (tertiary/aromatic N) is 3. The molecule has 6 nitrogen and oxygen atoms in total. The smallest absolute Gasteiger partial charge is 0.223 e. The van der Waals surface area contributed by atoms with Gasteiger partial charge in [0.25, 0.3) is 0 Å². The predicted molar refractivity (Wildman–Crippen MR) is 121 cm³/mol. The number of hydrogen-bond donors (Lipinski definition) is 2. The van der Waals surface area contributed by atoms with Crippen molar-refractivity contribution >= 4 is 22.5 Å². The number of halogens is 1. The molecule has 168 valence electrons. The molecule has 2 fully saturated rings. The topological polar surface area (TPSA) is 68.7 Å². The molecule has 0 saturated carbocycles. The van der Waals surface area contributed by atoms with Crippen LogP contribution in [-0.2, 0) is 4.79 Å². The van der Waals surface area contributed by atoms with Crippen LogP contribution in [0.5, 0.6) is 0 Å². The summed E-state index contributed by atoms with van der Waals surface area (Å²) in [5.41, 5.74) is 1.14. The summed E-state index contributed by atoms with van der Waals surface area (Å²) < 4.78 is 14.6. The Morgan fingerprint density at radius 3 is 2.84 bits per heavy atom. The molecule has 2 aliphatic heterocycles. The molecule has 2 atom stereocenters. The van der Waals surface area contributed by atoms with E-state index in [0.29, 0.717) is 36.4 Å². The fourth-order valence-corrected chi connectivity index (χ4v) is 5.03. The maximum atomic E-state index is 14.6. The number of piperidine rings is 2. The van der Waals surface area contributed by atoms with Gasteiger partial charge < -0.3 is 20.2 Å². The van der Waals surface area contributed by atoms with Crippen molar-refractivity contribution in [1.82, 2.24) is 15.2 Å². The lowest BCUT2D eigenvalue weighted by Gasteiger charge is -2.40. The minimum absolute atomic E-state index is 0.0396. The van der Waals surface area contributed by atoms with Gasteiger partial charge in [-0.2, -0.15) is 0 Å². The third-order valence-electron chi connectivity index (χ3n) is 6.83. The van der Waals surface area contributed by atoms with E-state index in [2.05, 4.69) is 27.0 Å². The molecular formula is C24H33FN4O2. The number of anilines is 1. The molecule has 3 heterocycles. The van der Waals surface area contributed by atoms with E-state index in [4.69, 9.17) is 0 Å². The maximum Gasteiger partial charge on any atom is 0.223 e. The number of amides is 1. The van der Waals surface area contributed by atoms with Gasteiger partial charge in [0.2, 0.25) is 5.91 Å². The third kappa shape index (κ3) is 4.83. The number of aryl methyl sites for hydroxylation is 1. The molecule has 2 N–H and O–H groups in total. The summed E-state index contributed by atoms with van der Waals surface area (Å²) in [6.45, 7) is 6.93. The molecule has 0 bridgehead atoms. The number of pyridine rings is 1. The zero-order chi connectivity index (χ0) is 22.2. The SMILES string of the molecule is Cc1c(F)cc(N2C[C@@H](C)C[C@@H](NC(=O)CC3(O)CCN(C)CC3)C2)c2cccnc12. The lowest BCUT2D eigenvalue weighted by Crippen LogP contribution is -2.52. The van der Waals surface area contributed by atoms with Gasteiger partial charge in [-0.15, -0.1) is 0 Å². The molecule has 1 aromatic carbocycles. The largest absolute Gasteiger partial charge is 0.389 e. The Kier molecular flexibility index (Phi) is 6.17. The highest BCUT2D eigenvalue weighted by atomic mass is 19.1. The standard InChI is InChI=1S/C24H33FN4O2/c1-16-11-18(27-22(30)13-24(31)6-9-28(3)10-7-24)15-29(14-16)21-12-20(25)17(2)23-19(21)5-4-8-26-23/h4-5,8,12,16,18,31H,6-7,9-11,13-15H2,1-3H3,(H,27,30)/t16-,18+/m0/s1. The fourth-order valence-electron chi connectivity index (χ4n) is 5.03. The van der Waals surface area contributed by atoms with Gasteiger partial charge >= 0.3 is 0 Å². The minimum atomic E-state index is -0.918. The van der Waals surface area contributed by atoms with E-state index in [1.807, 2.05) is 19.2 Å². The monoisotopic (exact) mass is 428 g/mol. The number of benzene rings is 1. The zero-order valence-electron chi connectivity index (χ0n) is 18.7. The van der Waals surface area contributed by atoms with Crippen LogP contribution in [0.25, 0.3) is 10.9 Å². The molecule has 2 saturated heterocycles. The van der Waals surface area contributed by atoms with Gasteiger partial charge in [0.15, 0.2) is 0 Å². The number of hydrogen-bond acceptors (Lipinski definition) is 5. The molecule has 0 unspecified atom stereocenters. The van der Waals surface area contributed by atoms with Gasteiger partial charge in [-0.1, -0.05) is 6.92 Å². The van der Waals surface area contributed by atoms with E-state index in [1.54, 1.807) is 19.2 Å². The number of aliphatic hydroxyl groups is 1. The Hall–Kier alpha value is -2.25. The van der Waals surface area contributed by atoms with Gasteiger partial charge in [0, 0.05) is 55.1 Å². The normalized spacial score (nSPS) is 24.4. The highest BCUT2D eigenvalue weighted by Gasteiger charge is 2.35. The van der Waals surface area contributed by atoms with Crippen molar-refractivity contribution in [2.45, 2.75) is 51.2 Å². The average Bonchev–Trinajstić information content (AvgIpc) is 2.72. The van der Waals surface area contributed by atoms with E-state index in [0.717, 1.165) is 37.1 Å². The van der Waals surface area contributed by atoms with Crippen LogP contribution in [0.4, 0.5) is 10.1 Å². The molecule has 2 aromatic rings. The maximum absolute atomic E-state index is 14.6. The van der Waals surface area contributed by atoms with Crippen LogP contribution in [0.15, 0.2) is 24.4 Å². The highest BCUT2D eigenvalue weighted by molar-refractivity contribution is 5.94. The van der Waals surface area contributed by atoms with Crippen LogP contribution in [0.2, 0.25) is 0 Å². The van der Waals surface area contributed by atoms with Crippen molar-refractivity contribution < 1.29 is 14.3 Å². The molecule has 1 amide bonds. The van der Waals surface area contributed by atoms with Crippen molar-refractivity contribution in [2.75, 3.05) is 38.1 Å². The summed E-state index contributed by atoms with van der Waals surface area (Å²) in [5.74, 6) is -0.0150.